The summed E-state index contributed by atoms with van der Waals surface area (Å²) < 4.78 is 17.1. The first-order chi connectivity index (χ1) is 31.9. The highest BCUT2D eigenvalue weighted by Crippen LogP contribution is 2.31. The van der Waals surface area contributed by atoms with E-state index in [1.54, 1.807) is 61.6 Å². The van der Waals surface area contributed by atoms with Crippen molar-refractivity contribution in [2.24, 2.45) is 25.6 Å². The summed E-state index contributed by atoms with van der Waals surface area (Å²) in [5.74, 6) is 0.580. The summed E-state index contributed by atoms with van der Waals surface area (Å²) in [7, 11) is 3.41. The molecule has 4 aromatic heterocycles. The first kappa shape index (κ1) is 46.7. The summed E-state index contributed by atoms with van der Waals surface area (Å²) in [6.45, 7) is 4.95. The molecule has 0 aliphatic heterocycles. The molecule has 6 N–H and O–H groups in total. The van der Waals surface area contributed by atoms with Gasteiger partial charge in [0.05, 0.1) is 22.5 Å². The zero-order chi connectivity index (χ0) is 46.7. The molecule has 66 heavy (non-hydrogen) atoms. The summed E-state index contributed by atoms with van der Waals surface area (Å²) in [6, 6.07) is 36.4. The topological polar surface area (TPSA) is 172 Å². The Hall–Kier alpha value is -7.32. The normalized spacial score (nSPS) is 11.9. The predicted octanol–water partition coefficient (Wildman–Crippen LogP) is 9.43. The summed E-state index contributed by atoms with van der Waals surface area (Å²) in [4.78, 5) is 44.8. The first-order valence-corrected chi connectivity index (χ1v) is 21.9. The molecule has 14 heteroatoms. The van der Waals surface area contributed by atoms with Crippen LogP contribution in [0.3, 0.4) is 0 Å². The number of pyridine rings is 2. The SMILES string of the molecule is Cc1cccc(-c2c(-c3ccncc3)nc(NCCC(N)c3ccccc3Cl)n(C)c2=O)c1.Cc1cccc(-c2c(-c3ccncc3)nc(NCCC(N)c3ccccc3F)n(C)c2=O)c1. The fraction of sp³-hybridized carbons (Fsp3) is 0.192. The Morgan fingerprint density at radius 1 is 0.576 bits per heavy atom. The van der Waals surface area contributed by atoms with Gasteiger partial charge in [0.2, 0.25) is 11.9 Å². The molecule has 0 bridgehead atoms. The number of nitrogens with one attached hydrogen (secondary N) is 2. The van der Waals surface area contributed by atoms with Crippen LogP contribution in [0.1, 0.15) is 47.2 Å². The van der Waals surface area contributed by atoms with Gasteiger partial charge in [-0.2, -0.15) is 0 Å². The highest BCUT2D eigenvalue weighted by Gasteiger charge is 2.21. The monoisotopic (exact) mass is 902 g/mol. The molecule has 0 aliphatic rings. The van der Waals surface area contributed by atoms with Gasteiger partial charge in [-0.3, -0.25) is 28.7 Å². The second-order valence-corrected chi connectivity index (χ2v) is 16.4. The molecule has 12 nitrogen and oxygen atoms in total. The zero-order valence-corrected chi connectivity index (χ0v) is 38.0. The second-order valence-electron chi connectivity index (χ2n) is 15.9. The van der Waals surface area contributed by atoms with Crippen LogP contribution in [-0.4, -0.2) is 42.2 Å². The van der Waals surface area contributed by atoms with Crippen molar-refractivity contribution in [1.82, 2.24) is 29.1 Å². The molecule has 8 rings (SSSR count). The van der Waals surface area contributed by atoms with Gasteiger partial charge in [-0.1, -0.05) is 108 Å². The van der Waals surface area contributed by atoms with Crippen LogP contribution < -0.4 is 33.2 Å². The van der Waals surface area contributed by atoms with E-state index in [-0.39, 0.29) is 23.0 Å². The molecule has 4 aromatic carbocycles. The molecule has 0 amide bonds. The molecule has 8 aromatic rings. The van der Waals surface area contributed by atoms with Crippen molar-refractivity contribution >= 4 is 23.5 Å². The van der Waals surface area contributed by atoms with E-state index in [1.165, 1.54) is 10.6 Å². The summed E-state index contributed by atoms with van der Waals surface area (Å²) in [5, 5.41) is 7.15. The Morgan fingerprint density at radius 2 is 1.00 bits per heavy atom. The van der Waals surface area contributed by atoms with Gasteiger partial charge in [-0.25, -0.2) is 14.4 Å². The molecule has 0 fully saturated rings. The third kappa shape index (κ3) is 10.9. The lowest BCUT2D eigenvalue weighted by atomic mass is 9.99. The van der Waals surface area contributed by atoms with Crippen molar-refractivity contribution in [1.29, 1.82) is 0 Å². The molecule has 336 valence electrons. The number of aryl methyl sites for hydroxylation is 2. The summed E-state index contributed by atoms with van der Waals surface area (Å²) >= 11 is 6.27. The van der Waals surface area contributed by atoms with Crippen molar-refractivity contribution in [2.75, 3.05) is 23.7 Å². The van der Waals surface area contributed by atoms with E-state index in [1.807, 2.05) is 111 Å². The highest BCUT2D eigenvalue weighted by atomic mass is 35.5. The minimum absolute atomic E-state index is 0.125. The highest BCUT2D eigenvalue weighted by molar-refractivity contribution is 6.31. The maximum atomic E-state index is 14.0. The number of aromatic nitrogens is 6. The fourth-order valence-corrected chi connectivity index (χ4v) is 7.90. The Labute approximate surface area is 388 Å². The molecular weight excluding hydrogens is 851 g/mol. The predicted molar refractivity (Wildman–Crippen MR) is 264 cm³/mol. The number of benzene rings is 4. The second kappa shape index (κ2) is 21.6. The Balaban J connectivity index is 0.000000196. The van der Waals surface area contributed by atoms with Gasteiger partial charge in [0, 0.05) is 85.8 Å². The van der Waals surface area contributed by atoms with E-state index in [4.69, 9.17) is 33.0 Å². The third-order valence-corrected chi connectivity index (χ3v) is 11.5. The smallest absolute Gasteiger partial charge is 0.263 e. The van der Waals surface area contributed by atoms with Gasteiger partial charge in [0.25, 0.3) is 11.1 Å². The molecule has 0 saturated heterocycles. The van der Waals surface area contributed by atoms with E-state index in [2.05, 4.69) is 20.6 Å². The first-order valence-electron chi connectivity index (χ1n) is 21.6. The van der Waals surface area contributed by atoms with Gasteiger partial charge in [-0.05, 0) is 79.8 Å². The van der Waals surface area contributed by atoms with Crippen LogP contribution in [0.5, 0.6) is 0 Å². The zero-order valence-electron chi connectivity index (χ0n) is 37.2. The molecule has 4 heterocycles. The van der Waals surface area contributed by atoms with E-state index in [0.717, 1.165) is 38.9 Å². The lowest BCUT2D eigenvalue weighted by Gasteiger charge is -2.18. The number of halogens is 2. The van der Waals surface area contributed by atoms with Crippen LogP contribution in [0.15, 0.2) is 156 Å². The van der Waals surface area contributed by atoms with E-state index in [0.29, 0.717) is 70.9 Å². The molecule has 2 atom stereocenters. The molecule has 0 spiro atoms. The number of nitrogens with zero attached hydrogens (tertiary/aromatic N) is 6. The Bertz CT molecular complexity index is 2850. The molecule has 0 saturated carbocycles. The average molecular weight is 904 g/mol. The molecular formula is C52H52ClFN10O2. The quantitative estimate of drug-likeness (QED) is 0.0824. The Morgan fingerprint density at radius 3 is 1.44 bits per heavy atom. The van der Waals surface area contributed by atoms with Crippen molar-refractivity contribution < 1.29 is 4.39 Å². The fourth-order valence-electron chi connectivity index (χ4n) is 7.62. The van der Waals surface area contributed by atoms with Crippen LogP contribution in [-0.2, 0) is 14.1 Å². The number of nitrogens with two attached hydrogens (primary N) is 2. The summed E-state index contributed by atoms with van der Waals surface area (Å²) in [6.07, 6.45) is 7.85. The maximum Gasteiger partial charge on any atom is 0.263 e. The molecule has 0 aliphatic carbocycles. The van der Waals surface area contributed by atoms with Gasteiger partial charge in [0.15, 0.2) is 0 Å². The number of hydrogen-bond acceptors (Lipinski definition) is 10. The standard InChI is InChI=1S/C26H26ClN5O.C26H26FN5O/c2*1-17-6-5-7-19(16-17)23-24(18-10-13-29-14-11-18)31-26(32(2)25(23)33)30-15-12-22(28)20-8-3-4-9-21(20)27/h2*3-11,13-14,16,22H,12,15,28H2,1-2H3,(H,30,31). The van der Waals surface area contributed by atoms with E-state index in [9.17, 15) is 14.0 Å². The third-order valence-electron chi connectivity index (χ3n) is 11.2. The number of hydrogen-bond donors (Lipinski definition) is 4. The van der Waals surface area contributed by atoms with Gasteiger partial charge < -0.3 is 22.1 Å². The van der Waals surface area contributed by atoms with Crippen molar-refractivity contribution in [3.63, 3.8) is 0 Å². The number of anilines is 2. The van der Waals surface area contributed by atoms with Crippen LogP contribution in [0.2, 0.25) is 5.02 Å². The maximum absolute atomic E-state index is 14.0. The minimum atomic E-state index is -0.470. The van der Waals surface area contributed by atoms with Crippen LogP contribution in [0, 0.1) is 19.7 Å². The van der Waals surface area contributed by atoms with Gasteiger partial charge in [0.1, 0.15) is 5.82 Å². The van der Waals surface area contributed by atoms with Crippen LogP contribution >= 0.6 is 11.6 Å². The van der Waals surface area contributed by atoms with Crippen molar-refractivity contribution in [3.8, 4) is 44.8 Å². The summed E-state index contributed by atoms with van der Waals surface area (Å²) in [5.41, 5.74) is 21.3. The number of rotatable bonds is 14. The molecule has 0 radical (unpaired) electrons. The van der Waals surface area contributed by atoms with Crippen LogP contribution in [0.25, 0.3) is 44.8 Å². The van der Waals surface area contributed by atoms with Crippen molar-refractivity contribution in [3.05, 3.63) is 200 Å². The van der Waals surface area contributed by atoms with Gasteiger partial charge in [-0.15, -0.1) is 0 Å². The largest absolute Gasteiger partial charge is 0.355 e. The molecule has 2 unspecified atom stereocenters. The van der Waals surface area contributed by atoms with Gasteiger partial charge >= 0.3 is 0 Å². The van der Waals surface area contributed by atoms with E-state index >= 15 is 0 Å². The Kier molecular flexibility index (Phi) is 15.3. The van der Waals surface area contributed by atoms with E-state index < -0.39 is 6.04 Å². The lowest BCUT2D eigenvalue weighted by Crippen LogP contribution is -2.26. The lowest BCUT2D eigenvalue weighted by molar-refractivity contribution is 0.570. The van der Waals surface area contributed by atoms with Crippen molar-refractivity contribution in [2.45, 2.75) is 38.8 Å². The minimum Gasteiger partial charge on any atom is -0.355 e. The van der Waals surface area contributed by atoms with Crippen LogP contribution in [0.4, 0.5) is 16.3 Å². The average Bonchev–Trinajstić information content (AvgIpc) is 3.32.